The van der Waals surface area contributed by atoms with E-state index in [0.29, 0.717) is 17.1 Å². The molecule has 12 aliphatic rings. The Kier molecular flexibility index (Phi) is 20.8. The summed E-state index contributed by atoms with van der Waals surface area (Å²) in [6.45, 7) is 4.52. The number of aromatic nitrogens is 3. The predicted octanol–water partition coefficient (Wildman–Crippen LogP) is 1.40. The van der Waals surface area contributed by atoms with E-state index in [0.717, 1.165) is 16.7 Å². The second-order valence-electron chi connectivity index (χ2n) is 20.1. The zero-order chi connectivity index (χ0) is 58.8. The third-order valence-electron chi connectivity index (χ3n) is 14.1. The molecule has 23 heteroatoms. The topological polar surface area (TPSA) is 275 Å². The van der Waals surface area contributed by atoms with Crippen molar-refractivity contribution >= 4 is 35.4 Å². The summed E-state index contributed by atoms with van der Waals surface area (Å²) in [4.78, 5) is 131. The maximum atomic E-state index is 14.3. The first-order valence-corrected chi connectivity index (χ1v) is 27.5. The van der Waals surface area contributed by atoms with Gasteiger partial charge in [0.2, 0.25) is 17.7 Å². The molecular formula is C60H69N11O12. The molecule has 83 heavy (non-hydrogen) atoms. The second kappa shape index (κ2) is 28.9. The Morgan fingerprint density at radius 1 is 0.349 bits per heavy atom. The molecule has 0 fully saturated rings. The molecule has 0 saturated heterocycles. The van der Waals surface area contributed by atoms with Crippen LogP contribution in [0.1, 0.15) is 64.8 Å². The van der Waals surface area contributed by atoms with E-state index >= 15 is 0 Å². The van der Waals surface area contributed by atoms with Crippen molar-refractivity contribution in [1.29, 1.82) is 0 Å². The van der Waals surface area contributed by atoms with E-state index in [2.05, 4.69) is 31.9 Å². The van der Waals surface area contributed by atoms with Crippen LogP contribution in [-0.4, -0.2) is 137 Å². The van der Waals surface area contributed by atoms with Gasteiger partial charge in [-0.1, -0.05) is 91.0 Å². The highest BCUT2D eigenvalue weighted by molar-refractivity contribution is 5.98. The molecule has 6 amide bonds. The molecule has 15 heterocycles. The lowest BCUT2D eigenvalue weighted by molar-refractivity contribution is -0.122. The number of aryl methyl sites for hydroxylation is 3. The molecule has 3 aromatic heterocycles. The first-order chi connectivity index (χ1) is 40.1. The SMILES string of the molecule is Cc1cc2c(OCc3ccccc3)c(=O)n1CC(=O)NCCN1CCNC(=O)Cn3c(C)cc(c(OCc4ccccc4)c3=O)C(=O)NCCN(CCNC2=O)CCNC(=O)c2cc(C)n(c(=O)c2OCc2ccccc2)CC(=O)NCC1. The van der Waals surface area contributed by atoms with E-state index in [4.69, 9.17) is 14.2 Å². The molecule has 12 aliphatic heterocycles. The number of pyridine rings is 3. The molecule has 6 N–H and O–H groups in total. The van der Waals surface area contributed by atoms with Gasteiger partial charge in [0.15, 0.2) is 17.2 Å². The van der Waals surface area contributed by atoms with Crippen LogP contribution >= 0.6 is 0 Å². The minimum absolute atomic E-state index is 0.00858. The maximum Gasteiger partial charge on any atom is 0.294 e. The molecule has 0 atom stereocenters. The highest BCUT2D eigenvalue weighted by Crippen LogP contribution is 2.21. The molecule has 3 aromatic carbocycles. The summed E-state index contributed by atoms with van der Waals surface area (Å²) in [5.41, 5.74) is 0.805. The summed E-state index contributed by atoms with van der Waals surface area (Å²) in [5, 5.41) is 17.3. The second-order valence-corrected chi connectivity index (χ2v) is 20.1. The van der Waals surface area contributed by atoms with Crippen molar-refractivity contribution in [3.05, 3.63) is 191 Å². The monoisotopic (exact) mass is 1140 g/mol. The highest BCUT2D eigenvalue weighted by atomic mass is 16.5. The van der Waals surface area contributed by atoms with Crippen LogP contribution in [0.15, 0.2) is 124 Å². The zero-order valence-electron chi connectivity index (χ0n) is 46.8. The molecule has 0 radical (unpaired) electrons. The normalized spacial score (nSPS) is 17.4. The quantitative estimate of drug-likeness (QED) is 0.120. The standard InChI is InChI=1S/C60H69N11O12/c1-40-31-46-52(81-37-43-13-7-4-8-14-43)58(78)69(40)34-49(72)61-19-25-67-26-20-62-50(73)35-70-41(2)32-47(53(59(70)79)82-38-44-15-9-5-10-16-44)56(76)65-23-29-68(28-22-64-55(46)75)30-24-66-57(77)48-33-42(3)71(36-51(74)63-21-27-67)60(80)54(48)83-39-45-17-11-6-12-18-45/h4-18,31-33H,19-30,34-39H2,1-3H3,(H,61,72)(H,62,73)(H,63,74)(H,64,75)(H,65,76)(H,66,77). The molecular weight excluding hydrogens is 1070 g/mol. The van der Waals surface area contributed by atoms with Crippen LogP contribution in [0.2, 0.25) is 0 Å². The summed E-state index contributed by atoms with van der Waals surface area (Å²) in [6.07, 6.45) is 0. The van der Waals surface area contributed by atoms with Crippen molar-refractivity contribution in [1.82, 2.24) is 55.4 Å². The van der Waals surface area contributed by atoms with Gasteiger partial charge in [0, 0.05) is 95.6 Å². The molecule has 6 aromatic rings. The van der Waals surface area contributed by atoms with Gasteiger partial charge in [0.25, 0.3) is 34.4 Å². The van der Waals surface area contributed by atoms with Gasteiger partial charge in [-0.15, -0.1) is 0 Å². The Bertz CT molecular complexity index is 3130. The van der Waals surface area contributed by atoms with Crippen molar-refractivity contribution in [2.45, 2.75) is 60.2 Å². The average Bonchev–Trinajstić information content (AvgIpc) is 3.64. The van der Waals surface area contributed by atoms with Crippen molar-refractivity contribution in [3.8, 4) is 17.2 Å². The van der Waals surface area contributed by atoms with Crippen LogP contribution < -0.4 is 62.8 Å². The largest absolute Gasteiger partial charge is 0.482 e. The van der Waals surface area contributed by atoms with Crippen LogP contribution in [-0.2, 0) is 53.8 Å². The summed E-state index contributed by atoms with van der Waals surface area (Å²) in [7, 11) is 0. The van der Waals surface area contributed by atoms with E-state index in [1.165, 1.54) is 31.9 Å². The Morgan fingerprint density at radius 2 is 0.590 bits per heavy atom. The number of amides is 6. The fraction of sp³-hybridized carbons (Fsp3) is 0.350. The maximum absolute atomic E-state index is 14.3. The molecule has 0 spiro atoms. The number of hydrogen-bond acceptors (Lipinski definition) is 14. The molecule has 8 bridgehead atoms. The van der Waals surface area contributed by atoms with Gasteiger partial charge >= 0.3 is 0 Å². The van der Waals surface area contributed by atoms with Gasteiger partial charge in [-0.2, -0.15) is 0 Å². The Balaban J connectivity index is 1.16. The molecule has 0 aliphatic carbocycles. The van der Waals surface area contributed by atoms with E-state index < -0.39 is 71.8 Å². The number of rotatable bonds is 9. The Hall–Kier alpha value is -9.35. The number of nitrogens with zero attached hydrogens (tertiary/aromatic N) is 5. The number of benzene rings is 3. The minimum Gasteiger partial charge on any atom is -0.482 e. The lowest BCUT2D eigenvalue weighted by atomic mass is 10.1. The lowest BCUT2D eigenvalue weighted by Crippen LogP contribution is -2.45. The number of carbonyl (C=O) groups excluding carboxylic acids is 6. The highest BCUT2D eigenvalue weighted by Gasteiger charge is 2.26. The number of nitrogens with one attached hydrogen (secondary N) is 6. The van der Waals surface area contributed by atoms with Crippen LogP contribution in [0.3, 0.4) is 0 Å². The Labute approximate surface area is 478 Å². The van der Waals surface area contributed by atoms with Gasteiger partial charge in [0.05, 0.1) is 16.7 Å². The van der Waals surface area contributed by atoms with Crippen molar-refractivity contribution in [2.75, 3.05) is 78.5 Å². The number of carbonyl (C=O) groups is 6. The smallest absolute Gasteiger partial charge is 0.294 e. The van der Waals surface area contributed by atoms with Gasteiger partial charge in [-0.3, -0.25) is 53.0 Å². The van der Waals surface area contributed by atoms with E-state index in [1.54, 1.807) is 57.2 Å². The third kappa shape index (κ3) is 16.2. The first kappa shape index (κ1) is 59.8. The minimum atomic E-state index is -0.704. The third-order valence-corrected chi connectivity index (χ3v) is 14.1. The average molecular weight is 1140 g/mol. The molecule has 0 unspecified atom stereocenters. The van der Waals surface area contributed by atoms with Crippen LogP contribution in [0.5, 0.6) is 17.2 Å². The van der Waals surface area contributed by atoms with Crippen molar-refractivity contribution in [3.63, 3.8) is 0 Å². The summed E-state index contributed by atoms with van der Waals surface area (Å²) < 4.78 is 22.0. The fourth-order valence-corrected chi connectivity index (χ4v) is 9.55. The predicted molar refractivity (Wildman–Crippen MR) is 308 cm³/mol. The summed E-state index contributed by atoms with van der Waals surface area (Å²) >= 11 is 0. The first-order valence-electron chi connectivity index (χ1n) is 27.5. The summed E-state index contributed by atoms with van der Waals surface area (Å²) in [5.74, 6) is -4.28. The molecule has 18 rings (SSSR count). The van der Waals surface area contributed by atoms with Crippen molar-refractivity contribution in [2.24, 2.45) is 0 Å². The van der Waals surface area contributed by atoms with Crippen LogP contribution in [0, 0.1) is 20.8 Å². The number of hydrogen-bond donors (Lipinski definition) is 6. The lowest BCUT2D eigenvalue weighted by Gasteiger charge is -2.24. The van der Waals surface area contributed by atoms with Gasteiger partial charge in [-0.05, 0) is 55.7 Å². The molecule has 0 saturated carbocycles. The van der Waals surface area contributed by atoms with E-state index in [-0.39, 0.29) is 132 Å². The fourth-order valence-electron chi connectivity index (χ4n) is 9.55. The van der Waals surface area contributed by atoms with Crippen LogP contribution in [0.25, 0.3) is 0 Å². The van der Waals surface area contributed by atoms with Crippen LogP contribution in [0.4, 0.5) is 0 Å². The number of ether oxygens (including phenoxy) is 3. The Morgan fingerprint density at radius 3 is 0.843 bits per heavy atom. The molecule has 436 valence electrons. The van der Waals surface area contributed by atoms with Gasteiger partial charge in [-0.25, -0.2) is 0 Å². The van der Waals surface area contributed by atoms with Crippen molar-refractivity contribution < 1.29 is 43.0 Å². The van der Waals surface area contributed by atoms with Gasteiger partial charge in [0.1, 0.15) is 39.5 Å². The summed E-state index contributed by atoms with van der Waals surface area (Å²) in [6, 6.07) is 31.6. The van der Waals surface area contributed by atoms with E-state index in [1.807, 2.05) is 64.4 Å². The molecule has 23 nitrogen and oxygen atoms in total. The van der Waals surface area contributed by atoms with E-state index in [9.17, 15) is 43.2 Å². The van der Waals surface area contributed by atoms with Gasteiger partial charge < -0.3 is 59.8 Å². The zero-order valence-corrected chi connectivity index (χ0v) is 46.8.